The molecule has 10 nitrogen and oxygen atoms in total. The van der Waals surface area contributed by atoms with Crippen LogP contribution in [0.25, 0.3) is 6.08 Å². The number of carboxylic acid groups (broad SMARTS) is 2. The summed E-state index contributed by atoms with van der Waals surface area (Å²) in [4.78, 5) is 39.5. The molecular formula is C21H18N2O8S. The number of aliphatic imine (C=N–C) groups is 1. The zero-order chi connectivity index (χ0) is 23.4. The van der Waals surface area contributed by atoms with E-state index < -0.39 is 17.8 Å². The van der Waals surface area contributed by atoms with Gasteiger partial charge in [0.1, 0.15) is 0 Å². The van der Waals surface area contributed by atoms with Gasteiger partial charge in [0.25, 0.3) is 5.91 Å². The van der Waals surface area contributed by atoms with E-state index in [9.17, 15) is 24.6 Å². The van der Waals surface area contributed by atoms with E-state index >= 15 is 0 Å². The van der Waals surface area contributed by atoms with E-state index in [2.05, 4.69) is 10.3 Å². The van der Waals surface area contributed by atoms with Crippen LogP contribution in [0.15, 0.2) is 40.2 Å². The van der Waals surface area contributed by atoms with Crippen LogP contribution < -0.4 is 19.5 Å². The molecule has 32 heavy (non-hydrogen) atoms. The van der Waals surface area contributed by atoms with Crippen molar-refractivity contribution in [3.63, 3.8) is 0 Å². The van der Waals surface area contributed by atoms with Crippen LogP contribution in [0.3, 0.4) is 0 Å². The van der Waals surface area contributed by atoms with Gasteiger partial charge >= 0.3 is 11.9 Å². The Bertz CT molecular complexity index is 1140. The number of rotatable bonds is 7. The maximum Gasteiger partial charge on any atom is 0.335 e. The predicted octanol–water partition coefficient (Wildman–Crippen LogP) is 3.00. The lowest BCUT2D eigenvalue weighted by atomic mass is 10.1. The summed E-state index contributed by atoms with van der Waals surface area (Å²) in [5.41, 5.74) is 0.175. The molecule has 2 aromatic rings. The van der Waals surface area contributed by atoms with Crippen molar-refractivity contribution in [2.75, 3.05) is 21.3 Å². The number of carbonyl (C=O) groups is 3. The van der Waals surface area contributed by atoms with Crippen molar-refractivity contribution in [2.45, 2.75) is 0 Å². The first-order valence-electron chi connectivity index (χ1n) is 8.97. The molecule has 0 unspecified atom stereocenters. The second-order valence-electron chi connectivity index (χ2n) is 6.28. The first-order valence-corrected chi connectivity index (χ1v) is 9.79. The first kappa shape index (κ1) is 22.7. The average Bonchev–Trinajstić information content (AvgIpc) is 3.11. The Morgan fingerprint density at radius 2 is 1.59 bits per heavy atom. The SMILES string of the molecule is COc1ccc(/C=C2\SC(=Nc3cc(C(=O)O)cc(C(=O)O)c3)NC2=O)c(OC)c1OC. The normalized spacial score (nSPS) is 15.5. The Kier molecular flexibility index (Phi) is 6.69. The molecule has 0 saturated carbocycles. The highest BCUT2D eigenvalue weighted by molar-refractivity contribution is 8.18. The van der Waals surface area contributed by atoms with Gasteiger partial charge in [-0.15, -0.1) is 0 Å². The number of nitrogens with one attached hydrogen (secondary N) is 1. The predicted molar refractivity (Wildman–Crippen MR) is 117 cm³/mol. The van der Waals surface area contributed by atoms with Gasteiger partial charge in [-0.2, -0.15) is 0 Å². The molecule has 1 heterocycles. The van der Waals surface area contributed by atoms with Crippen molar-refractivity contribution in [1.29, 1.82) is 0 Å². The first-order chi connectivity index (χ1) is 15.3. The largest absolute Gasteiger partial charge is 0.493 e. The number of thioether (sulfide) groups is 1. The van der Waals surface area contributed by atoms with Gasteiger partial charge in [-0.1, -0.05) is 0 Å². The summed E-state index contributed by atoms with van der Waals surface area (Å²) < 4.78 is 16.0. The molecule has 1 aliphatic heterocycles. The average molecular weight is 458 g/mol. The van der Waals surface area contributed by atoms with E-state index in [1.165, 1.54) is 33.5 Å². The maximum absolute atomic E-state index is 12.4. The molecule has 1 fully saturated rings. The van der Waals surface area contributed by atoms with Gasteiger partial charge in [0.2, 0.25) is 5.75 Å². The third-order valence-corrected chi connectivity index (χ3v) is 5.22. The molecule has 0 bridgehead atoms. The number of carbonyl (C=O) groups excluding carboxylic acids is 1. The van der Waals surface area contributed by atoms with Crippen LogP contribution in [-0.4, -0.2) is 54.6 Å². The molecule has 0 radical (unpaired) electrons. The molecule has 11 heteroatoms. The highest BCUT2D eigenvalue weighted by Gasteiger charge is 2.25. The Labute approximate surface area is 186 Å². The molecule has 1 amide bonds. The fraction of sp³-hybridized carbons (Fsp3) is 0.143. The number of nitrogens with zero attached hydrogens (tertiary/aromatic N) is 1. The highest BCUT2D eigenvalue weighted by atomic mass is 32.2. The number of methoxy groups -OCH3 is 3. The molecule has 3 N–H and O–H groups in total. The lowest BCUT2D eigenvalue weighted by molar-refractivity contribution is -0.115. The number of benzene rings is 2. The zero-order valence-electron chi connectivity index (χ0n) is 17.2. The van der Waals surface area contributed by atoms with Crippen LogP contribution in [0.4, 0.5) is 5.69 Å². The van der Waals surface area contributed by atoms with Crippen molar-refractivity contribution in [2.24, 2.45) is 4.99 Å². The summed E-state index contributed by atoms with van der Waals surface area (Å²) in [5.74, 6) is -1.81. The summed E-state index contributed by atoms with van der Waals surface area (Å²) >= 11 is 1.01. The standard InChI is InChI=1S/C21H18N2O8S/c1-29-14-5-4-10(16(30-2)17(14)31-3)9-15-18(24)23-21(32-15)22-13-7-11(19(25)26)6-12(8-13)20(27)28/h4-9H,1-3H3,(H,25,26)(H,27,28)(H,22,23,24)/b15-9-. The minimum absolute atomic E-state index is 0.0787. The molecule has 1 saturated heterocycles. The molecule has 3 rings (SSSR count). The maximum atomic E-state index is 12.4. The van der Waals surface area contributed by atoms with Crippen LogP contribution in [0.5, 0.6) is 17.2 Å². The van der Waals surface area contributed by atoms with Crippen molar-refractivity contribution >= 4 is 46.5 Å². The van der Waals surface area contributed by atoms with Crippen molar-refractivity contribution in [1.82, 2.24) is 5.32 Å². The Morgan fingerprint density at radius 3 is 2.12 bits per heavy atom. The molecular weight excluding hydrogens is 440 g/mol. The molecule has 0 aromatic heterocycles. The van der Waals surface area contributed by atoms with Gasteiger partial charge in [0.05, 0.1) is 43.0 Å². The third-order valence-electron chi connectivity index (χ3n) is 4.31. The van der Waals surface area contributed by atoms with Crippen LogP contribution >= 0.6 is 11.8 Å². The van der Waals surface area contributed by atoms with Crippen molar-refractivity contribution < 1.29 is 38.8 Å². The third kappa shape index (κ3) is 4.67. The van der Waals surface area contributed by atoms with Crippen molar-refractivity contribution in [3.05, 3.63) is 51.9 Å². The topological polar surface area (TPSA) is 144 Å². The second-order valence-corrected chi connectivity index (χ2v) is 7.31. The van der Waals surface area contributed by atoms with Gasteiger partial charge in [-0.05, 0) is 48.2 Å². The number of amidine groups is 1. The molecule has 166 valence electrons. The number of hydrogen-bond acceptors (Lipinski definition) is 8. The number of aromatic carboxylic acids is 2. The lowest BCUT2D eigenvalue weighted by Gasteiger charge is -2.14. The fourth-order valence-corrected chi connectivity index (χ4v) is 3.73. The highest BCUT2D eigenvalue weighted by Crippen LogP contribution is 2.41. The molecule has 0 atom stereocenters. The molecule has 0 spiro atoms. The monoisotopic (exact) mass is 458 g/mol. The van der Waals surface area contributed by atoms with E-state index in [0.29, 0.717) is 27.7 Å². The van der Waals surface area contributed by atoms with E-state index in [-0.39, 0.29) is 22.0 Å². The fourth-order valence-electron chi connectivity index (χ4n) is 2.90. The lowest BCUT2D eigenvalue weighted by Crippen LogP contribution is -2.19. The van der Waals surface area contributed by atoms with E-state index in [4.69, 9.17) is 14.2 Å². The van der Waals surface area contributed by atoms with E-state index in [1.54, 1.807) is 18.2 Å². The van der Waals surface area contributed by atoms with Gasteiger partial charge in [-0.25, -0.2) is 14.6 Å². The van der Waals surface area contributed by atoms with Gasteiger partial charge in [-0.3, -0.25) is 4.79 Å². The summed E-state index contributed by atoms with van der Waals surface area (Å²) in [7, 11) is 4.42. The molecule has 1 aliphatic rings. The van der Waals surface area contributed by atoms with Crippen LogP contribution in [-0.2, 0) is 4.79 Å². The van der Waals surface area contributed by atoms with E-state index in [0.717, 1.165) is 17.8 Å². The van der Waals surface area contributed by atoms with Gasteiger partial charge in [0.15, 0.2) is 16.7 Å². The Balaban J connectivity index is 1.97. The Hall–Kier alpha value is -3.99. The van der Waals surface area contributed by atoms with Crippen LogP contribution in [0.1, 0.15) is 26.3 Å². The van der Waals surface area contributed by atoms with Gasteiger partial charge < -0.3 is 29.7 Å². The van der Waals surface area contributed by atoms with Crippen molar-refractivity contribution in [3.8, 4) is 17.2 Å². The number of ether oxygens (including phenoxy) is 3. The van der Waals surface area contributed by atoms with Crippen LogP contribution in [0.2, 0.25) is 0 Å². The molecule has 0 aliphatic carbocycles. The number of amides is 1. The molecule has 2 aromatic carbocycles. The summed E-state index contributed by atoms with van der Waals surface area (Å²) in [6.07, 6.45) is 1.58. The van der Waals surface area contributed by atoms with Crippen LogP contribution in [0, 0.1) is 0 Å². The minimum atomic E-state index is -1.29. The summed E-state index contributed by atoms with van der Waals surface area (Å²) in [5, 5.41) is 21.1. The summed E-state index contributed by atoms with van der Waals surface area (Å²) in [6.45, 7) is 0. The number of hydrogen-bond donors (Lipinski definition) is 3. The zero-order valence-corrected chi connectivity index (χ0v) is 18.0. The minimum Gasteiger partial charge on any atom is -0.493 e. The Morgan fingerprint density at radius 1 is 0.969 bits per heavy atom. The summed E-state index contributed by atoms with van der Waals surface area (Å²) in [6, 6.07) is 6.83. The number of carboxylic acids is 2. The van der Waals surface area contributed by atoms with E-state index in [1.807, 2.05) is 0 Å². The smallest absolute Gasteiger partial charge is 0.335 e. The van der Waals surface area contributed by atoms with Gasteiger partial charge in [0, 0.05) is 5.56 Å². The second kappa shape index (κ2) is 9.43. The quantitative estimate of drug-likeness (QED) is 0.533.